The molecule has 1 aliphatic heterocycles. The molecule has 0 bridgehead atoms. The number of halogens is 2. The zero-order valence-electron chi connectivity index (χ0n) is 11.4. The van der Waals surface area contributed by atoms with Gasteiger partial charge in [-0.15, -0.1) is 12.4 Å². The van der Waals surface area contributed by atoms with Crippen molar-refractivity contribution >= 4 is 35.9 Å². The van der Waals surface area contributed by atoms with E-state index in [9.17, 15) is 9.59 Å². The first-order valence-electron chi connectivity index (χ1n) is 6.51. The summed E-state index contributed by atoms with van der Waals surface area (Å²) in [5, 5.41) is 12.4. The van der Waals surface area contributed by atoms with Crippen LogP contribution < -0.4 is 5.32 Å². The number of benzene rings is 1. The maximum Gasteiger partial charge on any atom is 0.307 e. The Bertz CT molecular complexity index is 493. The maximum atomic E-state index is 11.8. The number of carbonyl (C=O) groups excluding carboxylic acids is 1. The number of carboxylic acid groups (broad SMARTS) is 1. The third-order valence-corrected chi connectivity index (χ3v) is 3.64. The van der Waals surface area contributed by atoms with Crippen LogP contribution in [0, 0.1) is 5.92 Å². The highest BCUT2D eigenvalue weighted by molar-refractivity contribution is 6.30. The van der Waals surface area contributed by atoms with E-state index in [-0.39, 0.29) is 30.8 Å². The number of nitrogens with one attached hydrogen (secondary N) is 1. The Labute approximate surface area is 134 Å². The van der Waals surface area contributed by atoms with Gasteiger partial charge < -0.3 is 10.4 Å². The minimum atomic E-state index is -0.783. The average molecular weight is 333 g/mol. The van der Waals surface area contributed by atoms with Crippen molar-refractivity contribution in [1.82, 2.24) is 10.2 Å². The third kappa shape index (κ3) is 5.53. The first kappa shape index (κ1) is 17.8. The van der Waals surface area contributed by atoms with Crippen LogP contribution in [0.5, 0.6) is 0 Å². The standard InChI is InChI=1S/C14H17ClN2O3.ClH/c15-12-3-1-10(2-4-12)7-16-13(18)9-17-6-5-11(8-17)14(19)20;/h1-4,11H,5-9H2,(H,16,18)(H,19,20);1H. The fourth-order valence-electron chi connectivity index (χ4n) is 2.24. The van der Waals surface area contributed by atoms with Crippen LogP contribution in [-0.2, 0) is 16.1 Å². The van der Waals surface area contributed by atoms with Crippen LogP contribution in [0.1, 0.15) is 12.0 Å². The van der Waals surface area contributed by atoms with Crippen LogP contribution in [0.15, 0.2) is 24.3 Å². The van der Waals surface area contributed by atoms with Gasteiger partial charge >= 0.3 is 5.97 Å². The first-order valence-corrected chi connectivity index (χ1v) is 6.88. The van der Waals surface area contributed by atoms with E-state index in [0.717, 1.165) is 5.56 Å². The number of amides is 1. The zero-order valence-corrected chi connectivity index (χ0v) is 13.0. The number of rotatable bonds is 5. The molecule has 116 valence electrons. The van der Waals surface area contributed by atoms with Crippen molar-refractivity contribution in [3.05, 3.63) is 34.9 Å². The molecule has 1 amide bonds. The molecule has 1 aliphatic rings. The maximum absolute atomic E-state index is 11.8. The molecule has 21 heavy (non-hydrogen) atoms. The highest BCUT2D eigenvalue weighted by Gasteiger charge is 2.28. The topological polar surface area (TPSA) is 69.6 Å². The lowest BCUT2D eigenvalue weighted by molar-refractivity contribution is -0.141. The molecule has 0 aromatic heterocycles. The Hall–Kier alpha value is -1.30. The van der Waals surface area contributed by atoms with Gasteiger partial charge in [-0.1, -0.05) is 23.7 Å². The molecule has 1 fully saturated rings. The molecule has 5 nitrogen and oxygen atoms in total. The first-order chi connectivity index (χ1) is 9.54. The second-order valence-electron chi connectivity index (χ2n) is 4.96. The molecule has 1 heterocycles. The summed E-state index contributed by atoms with van der Waals surface area (Å²) in [6.45, 7) is 1.80. The number of carbonyl (C=O) groups is 2. The van der Waals surface area contributed by atoms with E-state index in [1.165, 1.54) is 0 Å². The van der Waals surface area contributed by atoms with Gasteiger partial charge in [0, 0.05) is 18.1 Å². The molecule has 1 atom stereocenters. The van der Waals surface area contributed by atoms with Crippen LogP contribution in [0.25, 0.3) is 0 Å². The summed E-state index contributed by atoms with van der Waals surface area (Å²) in [4.78, 5) is 24.5. The van der Waals surface area contributed by atoms with Gasteiger partial charge in [0.15, 0.2) is 0 Å². The smallest absolute Gasteiger partial charge is 0.307 e. The van der Waals surface area contributed by atoms with Gasteiger partial charge in [-0.25, -0.2) is 0 Å². The molecule has 1 aromatic rings. The summed E-state index contributed by atoms with van der Waals surface area (Å²) in [6.07, 6.45) is 0.611. The largest absolute Gasteiger partial charge is 0.481 e. The third-order valence-electron chi connectivity index (χ3n) is 3.39. The summed E-state index contributed by atoms with van der Waals surface area (Å²) in [6, 6.07) is 7.28. The van der Waals surface area contributed by atoms with E-state index in [2.05, 4.69) is 5.32 Å². The van der Waals surface area contributed by atoms with E-state index in [1.54, 1.807) is 12.1 Å². The monoisotopic (exact) mass is 332 g/mol. The minimum Gasteiger partial charge on any atom is -0.481 e. The van der Waals surface area contributed by atoms with Gasteiger partial charge in [-0.3, -0.25) is 14.5 Å². The van der Waals surface area contributed by atoms with Crippen molar-refractivity contribution in [2.75, 3.05) is 19.6 Å². The van der Waals surface area contributed by atoms with Gasteiger partial charge in [0.05, 0.1) is 12.5 Å². The predicted molar refractivity (Wildman–Crippen MR) is 82.7 cm³/mol. The molecular formula is C14H18Cl2N2O3. The number of hydrogen-bond acceptors (Lipinski definition) is 3. The summed E-state index contributed by atoms with van der Waals surface area (Å²) in [5.41, 5.74) is 0.979. The van der Waals surface area contributed by atoms with E-state index in [0.29, 0.717) is 31.1 Å². The lowest BCUT2D eigenvalue weighted by Crippen LogP contribution is -2.36. The number of carboxylic acids is 1. The molecule has 1 aromatic carbocycles. The average Bonchev–Trinajstić information content (AvgIpc) is 2.87. The van der Waals surface area contributed by atoms with E-state index in [4.69, 9.17) is 16.7 Å². The van der Waals surface area contributed by atoms with Crippen molar-refractivity contribution in [3.8, 4) is 0 Å². The lowest BCUT2D eigenvalue weighted by atomic mass is 10.1. The molecule has 1 unspecified atom stereocenters. The van der Waals surface area contributed by atoms with E-state index >= 15 is 0 Å². The fraction of sp³-hybridized carbons (Fsp3) is 0.429. The number of nitrogens with zero attached hydrogens (tertiary/aromatic N) is 1. The predicted octanol–water partition coefficient (Wildman–Crippen LogP) is 1.78. The van der Waals surface area contributed by atoms with Gasteiger partial charge in [-0.2, -0.15) is 0 Å². The van der Waals surface area contributed by atoms with Crippen LogP contribution in [0.3, 0.4) is 0 Å². The van der Waals surface area contributed by atoms with Crippen LogP contribution >= 0.6 is 24.0 Å². The SMILES string of the molecule is Cl.O=C(CN1CCC(C(=O)O)C1)NCc1ccc(Cl)cc1. The van der Waals surface area contributed by atoms with Gasteiger partial charge in [0.25, 0.3) is 0 Å². The summed E-state index contributed by atoms with van der Waals surface area (Å²) in [7, 11) is 0. The zero-order chi connectivity index (χ0) is 14.5. The highest BCUT2D eigenvalue weighted by atomic mass is 35.5. The molecular weight excluding hydrogens is 315 g/mol. The Morgan fingerprint density at radius 2 is 2.00 bits per heavy atom. The molecule has 0 spiro atoms. The van der Waals surface area contributed by atoms with Crippen molar-refractivity contribution in [2.24, 2.45) is 5.92 Å². The van der Waals surface area contributed by atoms with Crippen molar-refractivity contribution in [1.29, 1.82) is 0 Å². The Kier molecular flexibility index (Phi) is 6.95. The lowest BCUT2D eigenvalue weighted by Gasteiger charge is -2.14. The number of likely N-dealkylation sites (tertiary alicyclic amines) is 1. The van der Waals surface area contributed by atoms with Gasteiger partial charge in [0.2, 0.25) is 5.91 Å². The quantitative estimate of drug-likeness (QED) is 0.862. The minimum absolute atomic E-state index is 0. The summed E-state index contributed by atoms with van der Waals surface area (Å²) >= 11 is 5.78. The van der Waals surface area contributed by atoms with Crippen molar-refractivity contribution < 1.29 is 14.7 Å². The van der Waals surface area contributed by atoms with Crippen molar-refractivity contribution in [2.45, 2.75) is 13.0 Å². The molecule has 0 saturated carbocycles. The Balaban J connectivity index is 0.00000220. The van der Waals surface area contributed by atoms with Crippen LogP contribution in [0.2, 0.25) is 5.02 Å². The van der Waals surface area contributed by atoms with E-state index < -0.39 is 5.97 Å². The highest BCUT2D eigenvalue weighted by Crippen LogP contribution is 2.15. The number of aliphatic carboxylic acids is 1. The molecule has 2 N–H and O–H groups in total. The van der Waals surface area contributed by atoms with Gasteiger partial charge in [-0.05, 0) is 30.7 Å². The molecule has 1 saturated heterocycles. The van der Waals surface area contributed by atoms with E-state index in [1.807, 2.05) is 17.0 Å². The number of hydrogen-bond donors (Lipinski definition) is 2. The summed E-state index contributed by atoms with van der Waals surface area (Å²) < 4.78 is 0. The second kappa shape index (κ2) is 8.22. The van der Waals surface area contributed by atoms with Crippen molar-refractivity contribution in [3.63, 3.8) is 0 Å². The van der Waals surface area contributed by atoms with Crippen LogP contribution in [-0.4, -0.2) is 41.5 Å². The van der Waals surface area contributed by atoms with Crippen LogP contribution in [0.4, 0.5) is 0 Å². The van der Waals surface area contributed by atoms with Gasteiger partial charge in [0.1, 0.15) is 0 Å². The summed E-state index contributed by atoms with van der Waals surface area (Å²) in [5.74, 6) is -1.22. The molecule has 0 aliphatic carbocycles. The Morgan fingerprint density at radius 3 is 2.57 bits per heavy atom. The normalized spacial score (nSPS) is 18.0. The second-order valence-corrected chi connectivity index (χ2v) is 5.40. The molecule has 7 heteroatoms. The molecule has 2 rings (SSSR count). The Morgan fingerprint density at radius 1 is 1.33 bits per heavy atom. The fourth-order valence-corrected chi connectivity index (χ4v) is 2.37. The molecule has 0 radical (unpaired) electrons.